The molecule has 3 aromatic heterocycles. The highest BCUT2D eigenvalue weighted by Crippen LogP contribution is 2.58. The second-order valence-corrected chi connectivity index (χ2v) is 9.12. The van der Waals surface area contributed by atoms with Crippen LogP contribution in [0.5, 0.6) is 5.88 Å². The topological polar surface area (TPSA) is 99.8 Å². The van der Waals surface area contributed by atoms with Gasteiger partial charge in [0.2, 0.25) is 11.7 Å². The Morgan fingerprint density at radius 2 is 2.06 bits per heavy atom. The van der Waals surface area contributed by atoms with Crippen molar-refractivity contribution in [3.63, 3.8) is 0 Å². The van der Waals surface area contributed by atoms with E-state index in [0.717, 1.165) is 18.5 Å². The molecular formula is C22H25N5O4. The fourth-order valence-corrected chi connectivity index (χ4v) is 4.66. The van der Waals surface area contributed by atoms with Crippen LogP contribution in [0.2, 0.25) is 0 Å². The number of imidazole rings is 1. The minimum absolute atomic E-state index is 0.0535. The lowest BCUT2D eigenvalue weighted by molar-refractivity contribution is 0.0154. The number of nitrogens with zero attached hydrogens (tertiary/aromatic N) is 4. The van der Waals surface area contributed by atoms with Crippen LogP contribution in [-0.4, -0.2) is 43.2 Å². The second kappa shape index (κ2) is 6.65. The zero-order valence-corrected chi connectivity index (χ0v) is 18.0. The van der Waals surface area contributed by atoms with E-state index in [9.17, 15) is 9.59 Å². The van der Waals surface area contributed by atoms with Gasteiger partial charge in [-0.25, -0.2) is 4.98 Å². The van der Waals surface area contributed by atoms with Crippen molar-refractivity contribution in [2.75, 3.05) is 11.9 Å². The van der Waals surface area contributed by atoms with Gasteiger partial charge >= 0.3 is 0 Å². The van der Waals surface area contributed by atoms with E-state index in [1.165, 1.54) is 4.57 Å². The number of carbonyl (C=O) groups excluding carboxylic acids is 1. The third kappa shape index (κ3) is 3.20. The second-order valence-electron chi connectivity index (χ2n) is 9.12. The van der Waals surface area contributed by atoms with E-state index in [-0.39, 0.29) is 39.8 Å². The molecule has 1 amide bonds. The maximum atomic E-state index is 13.1. The lowest BCUT2D eigenvalue weighted by Crippen LogP contribution is -2.45. The molecule has 2 aliphatic heterocycles. The predicted molar refractivity (Wildman–Crippen MR) is 114 cm³/mol. The quantitative estimate of drug-likeness (QED) is 0.676. The van der Waals surface area contributed by atoms with Gasteiger partial charge in [0, 0.05) is 31.1 Å². The summed E-state index contributed by atoms with van der Waals surface area (Å²) in [5, 5.41) is 2.68. The fourth-order valence-electron chi connectivity index (χ4n) is 4.66. The van der Waals surface area contributed by atoms with Crippen molar-refractivity contribution in [1.29, 1.82) is 0 Å². The van der Waals surface area contributed by atoms with Crippen LogP contribution < -0.4 is 15.6 Å². The monoisotopic (exact) mass is 423 g/mol. The van der Waals surface area contributed by atoms with Crippen LogP contribution >= 0.6 is 0 Å². The van der Waals surface area contributed by atoms with Gasteiger partial charge < -0.3 is 19.4 Å². The smallest absolute Gasteiger partial charge is 0.274 e. The van der Waals surface area contributed by atoms with Gasteiger partial charge in [-0.3, -0.25) is 14.0 Å². The SMILES string of the molecule is CC(C)Oc1nc2nc(C34COC(C)(C3)C4)cn2cc1C(=O)Nc1cccn(C)c1=O. The third-order valence-electron chi connectivity index (χ3n) is 6.04. The molecule has 0 spiro atoms. The Hall–Kier alpha value is -3.20. The number of hydrogen-bond donors (Lipinski definition) is 1. The van der Waals surface area contributed by atoms with E-state index in [1.54, 1.807) is 36.0 Å². The zero-order chi connectivity index (χ0) is 22.0. The van der Waals surface area contributed by atoms with Gasteiger partial charge in [0.15, 0.2) is 0 Å². The largest absolute Gasteiger partial charge is 0.474 e. The molecule has 9 heteroatoms. The van der Waals surface area contributed by atoms with Crippen LogP contribution in [0.25, 0.3) is 5.78 Å². The Morgan fingerprint density at radius 3 is 2.74 bits per heavy atom. The summed E-state index contributed by atoms with van der Waals surface area (Å²) in [7, 11) is 1.63. The third-order valence-corrected chi connectivity index (χ3v) is 6.04. The number of aryl methyl sites for hydroxylation is 1. The van der Waals surface area contributed by atoms with E-state index < -0.39 is 5.91 Å². The van der Waals surface area contributed by atoms with Crippen LogP contribution in [0.4, 0.5) is 5.69 Å². The molecule has 6 rings (SSSR count). The number of ether oxygens (including phenoxy) is 2. The standard InChI is InChI=1S/C22H25N5O4/c1-13(2)31-18-14(17(28)23-15-6-5-7-26(4)19(15)29)8-27-9-16(24-20(27)25-18)22-10-21(3,11-22)30-12-22/h5-9,13H,10-12H2,1-4H3,(H,23,28). The van der Waals surface area contributed by atoms with Crippen LogP contribution in [0.1, 0.15) is 49.7 Å². The summed E-state index contributed by atoms with van der Waals surface area (Å²) in [6.07, 6.45) is 6.88. The number of carbonyl (C=O) groups is 1. The molecule has 3 fully saturated rings. The number of fused-ring (bicyclic) bond motifs is 2. The first-order valence-electron chi connectivity index (χ1n) is 10.4. The van der Waals surface area contributed by atoms with E-state index in [2.05, 4.69) is 17.2 Å². The lowest BCUT2D eigenvalue weighted by Gasteiger charge is -2.41. The van der Waals surface area contributed by atoms with Crippen molar-refractivity contribution >= 4 is 17.4 Å². The first-order valence-corrected chi connectivity index (χ1v) is 10.4. The van der Waals surface area contributed by atoms with Crippen molar-refractivity contribution in [3.05, 3.63) is 52.3 Å². The number of nitrogens with one attached hydrogen (secondary N) is 1. The van der Waals surface area contributed by atoms with Gasteiger partial charge in [0.05, 0.1) is 24.0 Å². The number of rotatable bonds is 5. The van der Waals surface area contributed by atoms with E-state index in [4.69, 9.17) is 14.5 Å². The van der Waals surface area contributed by atoms with E-state index in [1.807, 2.05) is 20.0 Å². The lowest BCUT2D eigenvalue weighted by atomic mass is 9.62. The summed E-state index contributed by atoms with van der Waals surface area (Å²) in [5.41, 5.74) is 0.902. The van der Waals surface area contributed by atoms with Gasteiger partial charge in [-0.05, 0) is 45.7 Å². The maximum absolute atomic E-state index is 13.1. The summed E-state index contributed by atoms with van der Waals surface area (Å²) in [5.74, 6) is 0.179. The molecule has 31 heavy (non-hydrogen) atoms. The van der Waals surface area contributed by atoms with Gasteiger partial charge in [0.1, 0.15) is 11.3 Å². The highest BCUT2D eigenvalue weighted by molar-refractivity contribution is 6.05. The van der Waals surface area contributed by atoms with Gasteiger partial charge in [-0.1, -0.05) is 0 Å². The maximum Gasteiger partial charge on any atom is 0.274 e. The Kier molecular flexibility index (Phi) is 4.23. The molecule has 1 saturated carbocycles. The summed E-state index contributed by atoms with van der Waals surface area (Å²) in [6, 6.07) is 3.26. The van der Waals surface area contributed by atoms with Crippen molar-refractivity contribution in [1.82, 2.24) is 18.9 Å². The molecule has 5 heterocycles. The Bertz CT molecular complexity index is 1250. The van der Waals surface area contributed by atoms with Crippen LogP contribution in [0.3, 0.4) is 0 Å². The minimum Gasteiger partial charge on any atom is -0.474 e. The average molecular weight is 423 g/mol. The normalized spacial score (nSPS) is 24.4. The van der Waals surface area contributed by atoms with Crippen molar-refractivity contribution in [3.8, 4) is 5.88 Å². The number of anilines is 1. The molecule has 3 aromatic rings. The van der Waals surface area contributed by atoms with Crippen molar-refractivity contribution < 1.29 is 14.3 Å². The molecule has 1 N–H and O–H groups in total. The summed E-state index contributed by atoms with van der Waals surface area (Å²) < 4.78 is 14.9. The first kappa shape index (κ1) is 19.7. The fraction of sp³-hybridized carbons (Fsp3) is 0.455. The molecule has 3 aliphatic rings. The molecule has 2 bridgehead atoms. The summed E-state index contributed by atoms with van der Waals surface area (Å²) in [4.78, 5) is 34.6. The number of amides is 1. The highest BCUT2D eigenvalue weighted by Gasteiger charge is 2.61. The molecule has 0 unspecified atom stereocenters. The number of hydrogen-bond acceptors (Lipinski definition) is 6. The molecule has 2 saturated heterocycles. The first-order chi connectivity index (χ1) is 14.7. The molecular weight excluding hydrogens is 398 g/mol. The average Bonchev–Trinajstić information content (AvgIpc) is 3.34. The molecule has 0 aromatic carbocycles. The van der Waals surface area contributed by atoms with Gasteiger partial charge in [-0.15, -0.1) is 0 Å². The molecule has 1 aliphatic carbocycles. The Labute approximate surface area is 179 Å². The molecule has 162 valence electrons. The summed E-state index contributed by atoms with van der Waals surface area (Å²) >= 11 is 0. The Morgan fingerprint density at radius 1 is 1.29 bits per heavy atom. The van der Waals surface area contributed by atoms with Crippen LogP contribution in [0.15, 0.2) is 35.5 Å². The van der Waals surface area contributed by atoms with E-state index in [0.29, 0.717) is 12.4 Å². The number of aromatic nitrogens is 4. The van der Waals surface area contributed by atoms with Gasteiger partial charge in [-0.2, -0.15) is 4.98 Å². The number of pyridine rings is 1. The molecule has 0 atom stereocenters. The van der Waals surface area contributed by atoms with E-state index >= 15 is 0 Å². The minimum atomic E-state index is -0.470. The zero-order valence-electron chi connectivity index (χ0n) is 18.0. The predicted octanol–water partition coefficient (Wildman–Crippen LogP) is 2.29. The molecule has 9 nitrogen and oxygen atoms in total. The molecule has 0 radical (unpaired) electrons. The van der Waals surface area contributed by atoms with Crippen molar-refractivity contribution in [2.45, 2.75) is 50.7 Å². The van der Waals surface area contributed by atoms with Crippen LogP contribution in [-0.2, 0) is 17.2 Å². The Balaban J connectivity index is 1.53. The summed E-state index contributed by atoms with van der Waals surface area (Å²) in [6.45, 7) is 6.49. The van der Waals surface area contributed by atoms with Crippen LogP contribution in [0, 0.1) is 0 Å². The van der Waals surface area contributed by atoms with Gasteiger partial charge in [0.25, 0.3) is 11.5 Å². The highest BCUT2D eigenvalue weighted by atomic mass is 16.5. The van der Waals surface area contributed by atoms with Crippen molar-refractivity contribution in [2.24, 2.45) is 7.05 Å².